The summed E-state index contributed by atoms with van der Waals surface area (Å²) in [5.41, 5.74) is 0.722. The van der Waals surface area contributed by atoms with Crippen LogP contribution in [-0.2, 0) is 6.54 Å². The molecule has 5 nitrogen and oxygen atoms in total. The van der Waals surface area contributed by atoms with Crippen LogP contribution in [0.2, 0.25) is 5.02 Å². The van der Waals surface area contributed by atoms with E-state index in [1.165, 1.54) is 18.2 Å². The molecule has 8 heteroatoms. The van der Waals surface area contributed by atoms with Crippen molar-refractivity contribution in [1.82, 2.24) is 20.1 Å². The van der Waals surface area contributed by atoms with Crippen LogP contribution < -0.4 is 5.32 Å². The number of carbonyl (C=O) groups is 1. The van der Waals surface area contributed by atoms with E-state index in [1.807, 2.05) is 34.9 Å². The molecule has 0 saturated carbocycles. The highest BCUT2D eigenvalue weighted by Gasteiger charge is 2.18. The molecule has 0 bridgehead atoms. The van der Waals surface area contributed by atoms with Gasteiger partial charge in [0.05, 0.1) is 17.1 Å². The molecule has 3 aromatic rings. The number of thioether (sulfide) groups is 1. The third kappa shape index (κ3) is 4.48. The average molecular weight is 405 g/mol. The maximum absolute atomic E-state index is 13.9. The molecule has 1 N–H and O–H groups in total. The molecule has 0 aliphatic carbocycles. The van der Waals surface area contributed by atoms with E-state index in [-0.39, 0.29) is 17.1 Å². The van der Waals surface area contributed by atoms with Gasteiger partial charge in [0.1, 0.15) is 5.82 Å². The number of para-hydroxylation sites is 1. The summed E-state index contributed by atoms with van der Waals surface area (Å²) in [6.45, 7) is 2.19. The fraction of sp³-hybridized carbons (Fsp3) is 0.211. The largest absolute Gasteiger partial charge is 0.345 e. The minimum atomic E-state index is -0.663. The molecule has 140 valence electrons. The van der Waals surface area contributed by atoms with Crippen LogP contribution in [0.4, 0.5) is 4.39 Å². The Kier molecular flexibility index (Phi) is 6.47. The van der Waals surface area contributed by atoms with Crippen LogP contribution in [0, 0.1) is 5.82 Å². The first-order chi connectivity index (χ1) is 13.1. The van der Waals surface area contributed by atoms with E-state index in [9.17, 15) is 9.18 Å². The Balaban J connectivity index is 1.85. The second-order valence-corrected chi connectivity index (χ2v) is 7.17. The average Bonchev–Trinajstić information content (AvgIpc) is 3.08. The normalized spacial score (nSPS) is 10.8. The molecule has 0 unspecified atom stereocenters. The number of hydrogen-bond donors (Lipinski definition) is 1. The molecule has 0 saturated heterocycles. The Morgan fingerprint density at radius 1 is 1.19 bits per heavy atom. The second kappa shape index (κ2) is 9.01. The van der Waals surface area contributed by atoms with Crippen LogP contribution in [0.5, 0.6) is 0 Å². The summed E-state index contributed by atoms with van der Waals surface area (Å²) in [4.78, 5) is 12.4. The number of aromatic nitrogens is 3. The first-order valence-corrected chi connectivity index (χ1v) is 9.83. The first kappa shape index (κ1) is 19.4. The van der Waals surface area contributed by atoms with Crippen molar-refractivity contribution in [1.29, 1.82) is 0 Å². The van der Waals surface area contributed by atoms with Crippen LogP contribution in [0.3, 0.4) is 0 Å². The molecule has 0 fully saturated rings. The Labute approximate surface area is 166 Å². The van der Waals surface area contributed by atoms with Gasteiger partial charge in [-0.05, 0) is 30.7 Å². The highest BCUT2D eigenvalue weighted by molar-refractivity contribution is 7.99. The zero-order valence-electron chi connectivity index (χ0n) is 14.7. The Morgan fingerprint density at radius 2 is 1.96 bits per heavy atom. The summed E-state index contributed by atoms with van der Waals surface area (Å²) >= 11 is 7.55. The minimum absolute atomic E-state index is 0.0659. The number of rotatable bonds is 7. The minimum Gasteiger partial charge on any atom is -0.345 e. The van der Waals surface area contributed by atoms with Gasteiger partial charge in [-0.25, -0.2) is 4.39 Å². The SMILES string of the molecule is CCCSc1nnc(CNC(=O)c2c(F)cccc2Cl)n1-c1ccccc1. The lowest BCUT2D eigenvalue weighted by Crippen LogP contribution is -2.26. The lowest BCUT2D eigenvalue weighted by atomic mass is 10.2. The molecule has 1 amide bonds. The summed E-state index contributed by atoms with van der Waals surface area (Å²) < 4.78 is 15.8. The van der Waals surface area contributed by atoms with Gasteiger partial charge >= 0.3 is 0 Å². The number of amides is 1. The topological polar surface area (TPSA) is 59.8 Å². The number of nitrogens with one attached hydrogen (secondary N) is 1. The van der Waals surface area contributed by atoms with Gasteiger partial charge in [-0.15, -0.1) is 10.2 Å². The van der Waals surface area contributed by atoms with Gasteiger partial charge in [0, 0.05) is 11.4 Å². The van der Waals surface area contributed by atoms with Crippen LogP contribution in [0.1, 0.15) is 29.5 Å². The van der Waals surface area contributed by atoms with Crippen molar-refractivity contribution in [2.45, 2.75) is 25.0 Å². The van der Waals surface area contributed by atoms with Gasteiger partial charge in [-0.3, -0.25) is 9.36 Å². The summed E-state index contributed by atoms with van der Waals surface area (Å²) in [5, 5.41) is 11.9. The quantitative estimate of drug-likeness (QED) is 0.589. The van der Waals surface area contributed by atoms with Crippen LogP contribution >= 0.6 is 23.4 Å². The van der Waals surface area contributed by atoms with E-state index in [2.05, 4.69) is 22.4 Å². The van der Waals surface area contributed by atoms with Gasteiger partial charge in [0.15, 0.2) is 11.0 Å². The molecule has 1 aromatic heterocycles. The van der Waals surface area contributed by atoms with E-state index in [0.29, 0.717) is 5.82 Å². The zero-order chi connectivity index (χ0) is 19.2. The maximum Gasteiger partial charge on any atom is 0.256 e. The molecule has 0 radical (unpaired) electrons. The van der Waals surface area contributed by atoms with E-state index < -0.39 is 11.7 Å². The van der Waals surface area contributed by atoms with E-state index >= 15 is 0 Å². The van der Waals surface area contributed by atoms with Gasteiger partial charge < -0.3 is 5.32 Å². The number of carbonyl (C=O) groups excluding carboxylic acids is 1. The van der Waals surface area contributed by atoms with Crippen molar-refractivity contribution in [2.24, 2.45) is 0 Å². The summed E-state index contributed by atoms with van der Waals surface area (Å²) in [6, 6.07) is 13.8. The molecule has 0 atom stereocenters. The van der Waals surface area contributed by atoms with Crippen LogP contribution in [-0.4, -0.2) is 26.4 Å². The van der Waals surface area contributed by atoms with Gasteiger partial charge in [-0.1, -0.05) is 54.6 Å². The van der Waals surface area contributed by atoms with E-state index in [0.717, 1.165) is 23.0 Å². The standard InChI is InChI=1S/C19H18ClFN4OS/c1-2-11-27-19-24-23-16(25(19)13-7-4-3-5-8-13)12-22-18(26)17-14(20)9-6-10-15(17)21/h3-10H,2,11-12H2,1H3,(H,22,26). The van der Waals surface area contributed by atoms with Gasteiger partial charge in [0.25, 0.3) is 5.91 Å². The Morgan fingerprint density at radius 3 is 2.67 bits per heavy atom. The molecule has 2 aromatic carbocycles. The number of halogens is 2. The molecule has 27 heavy (non-hydrogen) atoms. The van der Waals surface area contributed by atoms with Crippen LogP contribution in [0.25, 0.3) is 5.69 Å². The fourth-order valence-electron chi connectivity index (χ4n) is 2.50. The second-order valence-electron chi connectivity index (χ2n) is 5.70. The predicted molar refractivity (Wildman–Crippen MR) is 105 cm³/mol. The maximum atomic E-state index is 13.9. The molecule has 0 spiro atoms. The van der Waals surface area contributed by atoms with Crippen molar-refractivity contribution in [3.63, 3.8) is 0 Å². The third-order valence-corrected chi connectivity index (χ3v) is 5.20. The fourth-order valence-corrected chi connectivity index (χ4v) is 3.57. The third-order valence-electron chi connectivity index (χ3n) is 3.75. The lowest BCUT2D eigenvalue weighted by molar-refractivity contribution is 0.0946. The number of hydrogen-bond acceptors (Lipinski definition) is 4. The predicted octanol–water partition coefficient (Wildman–Crippen LogP) is 4.49. The van der Waals surface area contributed by atoms with E-state index in [4.69, 9.17) is 11.6 Å². The Hall–Kier alpha value is -2.38. The number of benzene rings is 2. The van der Waals surface area contributed by atoms with E-state index in [1.54, 1.807) is 11.8 Å². The van der Waals surface area contributed by atoms with Crippen molar-refractivity contribution in [3.05, 3.63) is 70.8 Å². The molecule has 0 aliphatic heterocycles. The molecule has 3 rings (SSSR count). The van der Waals surface area contributed by atoms with Gasteiger partial charge in [0.2, 0.25) is 0 Å². The van der Waals surface area contributed by atoms with Crippen molar-refractivity contribution >= 4 is 29.3 Å². The monoisotopic (exact) mass is 404 g/mol. The molecular weight excluding hydrogens is 387 g/mol. The lowest BCUT2D eigenvalue weighted by Gasteiger charge is -2.11. The summed E-state index contributed by atoms with van der Waals surface area (Å²) in [6.07, 6.45) is 1.00. The molecule has 0 aliphatic rings. The molecular formula is C19H18ClFN4OS. The highest BCUT2D eigenvalue weighted by atomic mass is 35.5. The van der Waals surface area contributed by atoms with Crippen molar-refractivity contribution < 1.29 is 9.18 Å². The van der Waals surface area contributed by atoms with Crippen LogP contribution in [0.15, 0.2) is 53.7 Å². The first-order valence-electron chi connectivity index (χ1n) is 8.46. The zero-order valence-corrected chi connectivity index (χ0v) is 16.2. The van der Waals surface area contributed by atoms with Crippen molar-refractivity contribution in [2.75, 3.05) is 5.75 Å². The highest BCUT2D eigenvalue weighted by Crippen LogP contribution is 2.23. The summed E-state index contributed by atoms with van der Waals surface area (Å²) in [7, 11) is 0. The number of nitrogens with zero attached hydrogens (tertiary/aromatic N) is 3. The molecule has 1 heterocycles. The Bertz CT molecular complexity index is 912. The summed E-state index contributed by atoms with van der Waals surface area (Å²) in [5.74, 6) is 0.204. The smallest absolute Gasteiger partial charge is 0.256 e. The van der Waals surface area contributed by atoms with Crippen molar-refractivity contribution in [3.8, 4) is 5.69 Å². The van der Waals surface area contributed by atoms with Gasteiger partial charge in [-0.2, -0.15) is 0 Å².